The molecule has 0 aliphatic carbocycles. The lowest BCUT2D eigenvalue weighted by atomic mass is 10.2. The third-order valence-corrected chi connectivity index (χ3v) is 6.09. The molecule has 3 aromatic heterocycles. The van der Waals surface area contributed by atoms with Gasteiger partial charge in [0.15, 0.2) is 5.69 Å². The third kappa shape index (κ3) is 8.26. The van der Waals surface area contributed by atoms with Crippen molar-refractivity contribution in [3.8, 4) is 5.75 Å². The molecule has 16 heteroatoms. The minimum Gasteiger partial charge on any atom is -0.433 e. The first-order valence-corrected chi connectivity index (χ1v) is 12.6. The molecule has 4 rings (SSSR count). The van der Waals surface area contributed by atoms with Crippen molar-refractivity contribution in [3.05, 3.63) is 76.6 Å². The largest absolute Gasteiger partial charge is 0.433 e. The second-order valence-corrected chi connectivity index (χ2v) is 9.57. The van der Waals surface area contributed by atoms with Crippen molar-refractivity contribution >= 4 is 28.3 Å². The Labute approximate surface area is 228 Å². The molecule has 4 aromatic rings. The molecule has 40 heavy (non-hydrogen) atoms. The molecule has 0 aliphatic heterocycles. The molecule has 1 atom stereocenters. The van der Waals surface area contributed by atoms with Gasteiger partial charge in [0.1, 0.15) is 22.7 Å². The number of ether oxygens (including phenoxy) is 1. The number of hydrogen-bond donors (Lipinski definition) is 2. The van der Waals surface area contributed by atoms with Gasteiger partial charge in [-0.1, -0.05) is 16.6 Å². The van der Waals surface area contributed by atoms with Crippen LogP contribution in [0.4, 0.5) is 22.7 Å². The average molecular weight is 579 g/mol. The molecule has 2 N–H and O–H groups in total. The number of carbonyl (C=O) groups excluding carboxylic acids is 2. The van der Waals surface area contributed by atoms with E-state index in [1.165, 1.54) is 12.4 Å². The van der Waals surface area contributed by atoms with Crippen LogP contribution in [0.1, 0.15) is 44.8 Å². The molecule has 0 saturated heterocycles. The quantitative estimate of drug-likeness (QED) is 0.242. The monoisotopic (exact) mass is 578 g/mol. The number of hydrogen-bond acceptors (Lipinski definition) is 9. The second kappa shape index (κ2) is 12.6. The van der Waals surface area contributed by atoms with Crippen LogP contribution in [0.5, 0.6) is 5.75 Å². The van der Waals surface area contributed by atoms with Crippen LogP contribution in [-0.4, -0.2) is 54.3 Å². The zero-order chi connectivity index (χ0) is 28.7. The summed E-state index contributed by atoms with van der Waals surface area (Å²) in [7, 11) is 0. The summed E-state index contributed by atoms with van der Waals surface area (Å²) in [6, 6.07) is 6.27. The molecule has 0 aliphatic rings. The van der Waals surface area contributed by atoms with Crippen molar-refractivity contribution in [2.45, 2.75) is 45.1 Å². The maximum absolute atomic E-state index is 14.6. The number of benzene rings is 1. The molecule has 2 amide bonds. The SMILES string of the molecule is CC(F)(F)Oc1ccc(F)c(CNC(=O)c2cn(CC(F)CCc3nnc(NC(=O)c4cccnc4)s3)nn2)c1. The molecule has 1 aromatic carbocycles. The highest BCUT2D eigenvalue weighted by atomic mass is 32.1. The van der Waals surface area contributed by atoms with Gasteiger partial charge < -0.3 is 10.1 Å². The topological polar surface area (TPSA) is 137 Å². The summed E-state index contributed by atoms with van der Waals surface area (Å²) in [5.74, 6) is -2.10. The van der Waals surface area contributed by atoms with E-state index in [1.807, 2.05) is 0 Å². The number of halogens is 4. The Morgan fingerprint density at radius 1 is 1.18 bits per heavy atom. The fraction of sp³-hybridized carbons (Fsp3) is 0.292. The third-order valence-electron chi connectivity index (χ3n) is 5.19. The van der Waals surface area contributed by atoms with E-state index in [2.05, 4.69) is 40.9 Å². The lowest BCUT2D eigenvalue weighted by Gasteiger charge is -2.14. The summed E-state index contributed by atoms with van der Waals surface area (Å²) in [5.41, 5.74) is 0.139. The summed E-state index contributed by atoms with van der Waals surface area (Å²) >= 11 is 1.12. The number of alkyl halides is 3. The Kier molecular flexibility index (Phi) is 8.98. The van der Waals surface area contributed by atoms with Crippen molar-refractivity contribution in [1.29, 1.82) is 0 Å². The van der Waals surface area contributed by atoms with Gasteiger partial charge in [0.2, 0.25) is 5.13 Å². The van der Waals surface area contributed by atoms with E-state index in [0.717, 1.165) is 34.2 Å². The smallest absolute Gasteiger partial charge is 0.394 e. The first-order valence-electron chi connectivity index (χ1n) is 11.8. The van der Waals surface area contributed by atoms with E-state index in [-0.39, 0.29) is 54.0 Å². The lowest BCUT2D eigenvalue weighted by molar-refractivity contribution is -0.159. The lowest BCUT2D eigenvalue weighted by Crippen LogP contribution is -2.24. The summed E-state index contributed by atoms with van der Waals surface area (Å²) in [6.45, 7) is 0.0214. The zero-order valence-electron chi connectivity index (χ0n) is 20.9. The van der Waals surface area contributed by atoms with E-state index >= 15 is 0 Å². The number of amides is 2. The minimum atomic E-state index is -3.45. The van der Waals surface area contributed by atoms with Gasteiger partial charge in [-0.25, -0.2) is 13.5 Å². The zero-order valence-corrected chi connectivity index (χ0v) is 21.7. The predicted molar refractivity (Wildman–Crippen MR) is 134 cm³/mol. The van der Waals surface area contributed by atoms with E-state index in [0.29, 0.717) is 17.5 Å². The van der Waals surface area contributed by atoms with Crippen LogP contribution in [0.15, 0.2) is 48.9 Å². The molecular formula is C24H22F4N8O3S. The number of nitrogens with zero attached hydrogens (tertiary/aromatic N) is 6. The number of anilines is 1. The van der Waals surface area contributed by atoms with E-state index in [1.54, 1.807) is 18.3 Å². The fourth-order valence-corrected chi connectivity index (χ4v) is 4.11. The van der Waals surface area contributed by atoms with Crippen LogP contribution >= 0.6 is 11.3 Å². The van der Waals surface area contributed by atoms with Crippen molar-refractivity contribution in [2.24, 2.45) is 0 Å². The van der Waals surface area contributed by atoms with Gasteiger partial charge in [-0.15, -0.1) is 15.3 Å². The van der Waals surface area contributed by atoms with Crippen LogP contribution in [-0.2, 0) is 19.5 Å². The minimum absolute atomic E-state index is 0.0705. The molecule has 210 valence electrons. The number of aromatic nitrogens is 6. The molecule has 1 unspecified atom stereocenters. The molecule has 0 radical (unpaired) electrons. The average Bonchev–Trinajstić information content (AvgIpc) is 3.57. The van der Waals surface area contributed by atoms with Gasteiger partial charge in [0, 0.05) is 37.8 Å². The fourth-order valence-electron chi connectivity index (χ4n) is 3.36. The van der Waals surface area contributed by atoms with Gasteiger partial charge in [-0.3, -0.25) is 19.9 Å². The molecule has 3 heterocycles. The Hall–Kier alpha value is -4.47. The molecule has 0 bridgehead atoms. The van der Waals surface area contributed by atoms with Crippen LogP contribution in [0.3, 0.4) is 0 Å². The van der Waals surface area contributed by atoms with Crippen LogP contribution < -0.4 is 15.4 Å². The van der Waals surface area contributed by atoms with Crippen molar-refractivity contribution in [2.75, 3.05) is 5.32 Å². The maximum Gasteiger partial charge on any atom is 0.394 e. The van der Waals surface area contributed by atoms with Crippen molar-refractivity contribution in [3.63, 3.8) is 0 Å². The van der Waals surface area contributed by atoms with E-state index in [4.69, 9.17) is 0 Å². The van der Waals surface area contributed by atoms with Crippen molar-refractivity contribution in [1.82, 2.24) is 35.5 Å². The normalized spacial score (nSPS) is 12.1. The highest BCUT2D eigenvalue weighted by Crippen LogP contribution is 2.23. The van der Waals surface area contributed by atoms with Gasteiger partial charge in [0.05, 0.1) is 18.3 Å². The van der Waals surface area contributed by atoms with Crippen LogP contribution in [0.25, 0.3) is 0 Å². The Morgan fingerprint density at radius 3 is 2.75 bits per heavy atom. The highest BCUT2D eigenvalue weighted by molar-refractivity contribution is 7.15. The Bertz CT molecular complexity index is 1460. The first kappa shape index (κ1) is 28.5. The van der Waals surface area contributed by atoms with Gasteiger partial charge >= 0.3 is 6.11 Å². The number of aryl methyl sites for hydroxylation is 1. The number of carbonyl (C=O) groups is 2. The number of rotatable bonds is 12. The summed E-state index contributed by atoms with van der Waals surface area (Å²) in [6.07, 6.45) is -0.302. The summed E-state index contributed by atoms with van der Waals surface area (Å²) in [4.78, 5) is 28.4. The molecule has 0 saturated carbocycles. The Balaban J connectivity index is 1.23. The first-order chi connectivity index (χ1) is 19.1. The second-order valence-electron chi connectivity index (χ2n) is 8.50. The summed E-state index contributed by atoms with van der Waals surface area (Å²) < 4.78 is 60.3. The van der Waals surface area contributed by atoms with Crippen molar-refractivity contribution < 1.29 is 31.9 Å². The van der Waals surface area contributed by atoms with Gasteiger partial charge in [-0.2, -0.15) is 8.78 Å². The van der Waals surface area contributed by atoms with E-state index < -0.39 is 24.0 Å². The maximum atomic E-state index is 14.6. The standard InChI is InChI=1S/C24H22F4N8O3S/c1-24(27,28)39-17-5-6-18(26)15(9-17)11-30-22(38)19-13-36(35-32-19)12-16(25)4-7-20-33-34-23(40-20)31-21(37)14-3-2-8-29-10-14/h2-3,5-6,8-10,13,16H,4,7,11-12H2,1H3,(H,30,38)(H,31,34,37). The van der Waals surface area contributed by atoms with Gasteiger partial charge in [-0.05, 0) is 36.8 Å². The van der Waals surface area contributed by atoms with Gasteiger partial charge in [0.25, 0.3) is 11.8 Å². The predicted octanol–water partition coefficient (Wildman–Crippen LogP) is 3.81. The molecular weight excluding hydrogens is 556 g/mol. The van der Waals surface area contributed by atoms with E-state index in [9.17, 15) is 27.2 Å². The molecule has 0 spiro atoms. The number of pyridine rings is 1. The number of nitrogens with one attached hydrogen (secondary N) is 2. The van der Waals surface area contributed by atoms with Crippen LogP contribution in [0, 0.1) is 5.82 Å². The highest BCUT2D eigenvalue weighted by Gasteiger charge is 2.24. The summed E-state index contributed by atoms with van der Waals surface area (Å²) in [5, 5.41) is 21.1. The molecule has 11 nitrogen and oxygen atoms in total. The molecule has 0 fully saturated rings. The van der Waals surface area contributed by atoms with Crippen LogP contribution in [0.2, 0.25) is 0 Å². The Morgan fingerprint density at radius 2 is 2.00 bits per heavy atom.